The van der Waals surface area contributed by atoms with Crippen LogP contribution in [0.3, 0.4) is 0 Å². The van der Waals surface area contributed by atoms with Gasteiger partial charge in [0, 0.05) is 15.1 Å². The van der Waals surface area contributed by atoms with Gasteiger partial charge in [-0.05, 0) is 43.3 Å². The van der Waals surface area contributed by atoms with E-state index in [9.17, 15) is 4.57 Å². The molecule has 0 N–H and O–H groups in total. The number of rotatable bonds is 4. The second kappa shape index (κ2) is 5.83. The molecule has 2 aromatic carbocycles. The lowest BCUT2D eigenvalue weighted by Gasteiger charge is -2.18. The highest BCUT2D eigenvalue weighted by atomic mass is 79.9. The van der Waals surface area contributed by atoms with Crippen LogP contribution in [-0.4, -0.2) is 6.61 Å². The van der Waals surface area contributed by atoms with Crippen molar-refractivity contribution in [2.24, 2.45) is 0 Å². The Kier molecular flexibility index (Phi) is 4.39. The average Bonchev–Trinajstić information content (AvgIpc) is 2.40. The molecule has 2 nitrogen and oxygen atoms in total. The second-order valence-corrected chi connectivity index (χ2v) is 7.09. The lowest BCUT2D eigenvalue weighted by atomic mass is 10.4. The van der Waals surface area contributed by atoms with Gasteiger partial charge in [0.2, 0.25) is 0 Å². The van der Waals surface area contributed by atoms with Crippen LogP contribution in [-0.2, 0) is 9.09 Å². The van der Waals surface area contributed by atoms with Gasteiger partial charge in [-0.25, -0.2) is 0 Å². The summed E-state index contributed by atoms with van der Waals surface area (Å²) in [5.41, 5.74) is 0. The van der Waals surface area contributed by atoms with E-state index in [1.165, 1.54) is 0 Å². The SMILES string of the molecule is CCOP(=O)(c1ccccc1)c1ccc(Br)cc1. The first-order chi connectivity index (χ1) is 8.66. The zero-order valence-corrected chi connectivity index (χ0v) is 12.5. The third-order valence-corrected chi connectivity index (χ3v) is 5.68. The van der Waals surface area contributed by atoms with Crippen LogP contribution in [0.15, 0.2) is 59.1 Å². The lowest BCUT2D eigenvalue weighted by molar-refractivity contribution is 0.348. The van der Waals surface area contributed by atoms with E-state index < -0.39 is 7.37 Å². The van der Waals surface area contributed by atoms with E-state index in [0.717, 1.165) is 15.1 Å². The van der Waals surface area contributed by atoms with Crippen LogP contribution in [0.25, 0.3) is 0 Å². The van der Waals surface area contributed by atoms with E-state index in [1.807, 2.05) is 61.5 Å². The zero-order chi connectivity index (χ0) is 13.0. The van der Waals surface area contributed by atoms with Crippen molar-refractivity contribution >= 4 is 33.9 Å². The van der Waals surface area contributed by atoms with Gasteiger partial charge < -0.3 is 4.52 Å². The highest BCUT2D eigenvalue weighted by Crippen LogP contribution is 2.44. The van der Waals surface area contributed by atoms with Crippen LogP contribution in [0.5, 0.6) is 0 Å². The van der Waals surface area contributed by atoms with Crippen LogP contribution in [0.4, 0.5) is 0 Å². The maximum absolute atomic E-state index is 13.1. The summed E-state index contributed by atoms with van der Waals surface area (Å²) >= 11 is 3.38. The summed E-state index contributed by atoms with van der Waals surface area (Å²) in [4.78, 5) is 0. The van der Waals surface area contributed by atoms with Crippen LogP contribution in [0.2, 0.25) is 0 Å². The van der Waals surface area contributed by atoms with E-state index >= 15 is 0 Å². The van der Waals surface area contributed by atoms with Gasteiger partial charge in [0.25, 0.3) is 7.37 Å². The molecular weight excluding hydrogens is 311 g/mol. The summed E-state index contributed by atoms with van der Waals surface area (Å²) in [6.45, 7) is 2.27. The van der Waals surface area contributed by atoms with E-state index in [2.05, 4.69) is 15.9 Å². The van der Waals surface area contributed by atoms with Gasteiger partial charge >= 0.3 is 0 Å². The highest BCUT2D eigenvalue weighted by molar-refractivity contribution is 9.10. The Hall–Kier alpha value is -0.890. The topological polar surface area (TPSA) is 26.3 Å². The van der Waals surface area contributed by atoms with Crippen molar-refractivity contribution in [1.29, 1.82) is 0 Å². The summed E-state index contributed by atoms with van der Waals surface area (Å²) in [7, 11) is -2.96. The summed E-state index contributed by atoms with van der Waals surface area (Å²) in [6.07, 6.45) is 0. The Bertz CT molecular complexity index is 552. The Morgan fingerprint density at radius 1 is 1.00 bits per heavy atom. The molecule has 1 unspecified atom stereocenters. The summed E-state index contributed by atoms with van der Waals surface area (Å²) in [6, 6.07) is 16.8. The molecule has 1 atom stereocenters. The molecule has 0 radical (unpaired) electrons. The Morgan fingerprint density at radius 3 is 2.11 bits per heavy atom. The fourth-order valence-electron chi connectivity index (χ4n) is 1.74. The van der Waals surface area contributed by atoms with Crippen molar-refractivity contribution in [3.8, 4) is 0 Å². The molecule has 0 aliphatic carbocycles. The van der Waals surface area contributed by atoms with E-state index in [4.69, 9.17) is 4.52 Å². The van der Waals surface area contributed by atoms with Gasteiger partial charge in [-0.2, -0.15) is 0 Å². The fourth-order valence-corrected chi connectivity index (χ4v) is 4.07. The molecule has 4 heteroatoms. The van der Waals surface area contributed by atoms with E-state index in [-0.39, 0.29) is 0 Å². The summed E-state index contributed by atoms with van der Waals surface area (Å²) < 4.78 is 19.6. The van der Waals surface area contributed by atoms with Crippen molar-refractivity contribution in [1.82, 2.24) is 0 Å². The van der Waals surface area contributed by atoms with Crippen LogP contribution >= 0.6 is 23.3 Å². The molecule has 0 saturated heterocycles. The molecular formula is C14H14BrO2P. The molecule has 0 amide bonds. The van der Waals surface area contributed by atoms with Gasteiger partial charge in [0.1, 0.15) is 0 Å². The first-order valence-electron chi connectivity index (χ1n) is 5.73. The lowest BCUT2D eigenvalue weighted by Crippen LogP contribution is -2.18. The molecule has 2 aromatic rings. The molecule has 0 aromatic heterocycles. The molecule has 18 heavy (non-hydrogen) atoms. The third kappa shape index (κ3) is 2.74. The zero-order valence-electron chi connectivity index (χ0n) is 10.0. The minimum Gasteiger partial charge on any atom is -0.322 e. The number of benzene rings is 2. The molecule has 0 aliphatic rings. The molecule has 0 aliphatic heterocycles. The quantitative estimate of drug-likeness (QED) is 0.801. The van der Waals surface area contributed by atoms with Gasteiger partial charge in [-0.3, -0.25) is 4.57 Å². The number of halogens is 1. The third-order valence-electron chi connectivity index (χ3n) is 2.57. The Labute approximate surface area is 116 Å². The predicted octanol–water partition coefficient (Wildman–Crippen LogP) is 3.71. The van der Waals surface area contributed by atoms with Crippen molar-refractivity contribution in [2.75, 3.05) is 6.61 Å². The van der Waals surface area contributed by atoms with Crippen LogP contribution < -0.4 is 10.6 Å². The average molecular weight is 325 g/mol. The summed E-state index contributed by atoms with van der Waals surface area (Å²) in [5, 5.41) is 1.45. The number of hydrogen-bond acceptors (Lipinski definition) is 2. The van der Waals surface area contributed by atoms with Crippen molar-refractivity contribution in [3.05, 3.63) is 59.1 Å². The summed E-state index contributed by atoms with van der Waals surface area (Å²) in [5.74, 6) is 0. The molecule has 0 saturated carbocycles. The number of hydrogen-bond donors (Lipinski definition) is 0. The fraction of sp³-hybridized carbons (Fsp3) is 0.143. The second-order valence-electron chi connectivity index (χ2n) is 3.78. The maximum Gasteiger partial charge on any atom is 0.261 e. The predicted molar refractivity (Wildman–Crippen MR) is 79.1 cm³/mol. The smallest absolute Gasteiger partial charge is 0.261 e. The largest absolute Gasteiger partial charge is 0.322 e. The minimum absolute atomic E-state index is 0.419. The van der Waals surface area contributed by atoms with Crippen molar-refractivity contribution < 1.29 is 9.09 Å². The molecule has 0 heterocycles. The minimum atomic E-state index is -2.96. The molecule has 94 valence electrons. The standard InChI is InChI=1S/C14H14BrO2P/c1-2-17-18(16,13-6-4-3-5-7-13)14-10-8-12(15)9-11-14/h3-11H,2H2,1H3. The monoisotopic (exact) mass is 324 g/mol. The molecule has 0 spiro atoms. The van der Waals surface area contributed by atoms with E-state index in [1.54, 1.807) is 0 Å². The maximum atomic E-state index is 13.1. The first-order valence-corrected chi connectivity index (χ1v) is 8.15. The van der Waals surface area contributed by atoms with Crippen molar-refractivity contribution in [2.45, 2.75) is 6.92 Å². The molecule has 0 fully saturated rings. The molecule has 0 bridgehead atoms. The molecule has 2 rings (SSSR count). The highest BCUT2D eigenvalue weighted by Gasteiger charge is 2.27. The van der Waals surface area contributed by atoms with Crippen LogP contribution in [0.1, 0.15) is 6.92 Å². The Balaban J connectivity index is 2.51. The first kappa shape index (κ1) is 13.5. The van der Waals surface area contributed by atoms with Crippen LogP contribution in [0, 0.1) is 0 Å². The van der Waals surface area contributed by atoms with Gasteiger partial charge in [0.15, 0.2) is 0 Å². The van der Waals surface area contributed by atoms with E-state index in [0.29, 0.717) is 6.61 Å². The normalized spacial score (nSPS) is 14.1. The van der Waals surface area contributed by atoms with Gasteiger partial charge in [-0.1, -0.05) is 34.1 Å². The van der Waals surface area contributed by atoms with Gasteiger partial charge in [0.05, 0.1) is 6.61 Å². The Morgan fingerprint density at radius 2 is 1.56 bits per heavy atom. The van der Waals surface area contributed by atoms with Gasteiger partial charge in [-0.15, -0.1) is 0 Å². The van der Waals surface area contributed by atoms with Crippen molar-refractivity contribution in [3.63, 3.8) is 0 Å².